The van der Waals surface area contributed by atoms with Crippen LogP contribution in [0.3, 0.4) is 0 Å². The number of nitrogens with zero attached hydrogens (tertiary/aromatic N) is 1. The third-order valence-electron chi connectivity index (χ3n) is 3.68. The van der Waals surface area contributed by atoms with Crippen LogP contribution in [-0.2, 0) is 9.59 Å². The van der Waals surface area contributed by atoms with Crippen molar-refractivity contribution in [2.45, 2.75) is 12.5 Å². The van der Waals surface area contributed by atoms with E-state index in [4.69, 9.17) is 4.74 Å². The fourth-order valence-electron chi connectivity index (χ4n) is 2.58. The van der Waals surface area contributed by atoms with E-state index in [0.29, 0.717) is 21.6 Å². The van der Waals surface area contributed by atoms with Crippen molar-refractivity contribution in [2.75, 3.05) is 17.3 Å². The van der Waals surface area contributed by atoms with Crippen LogP contribution in [0.1, 0.15) is 6.42 Å². The molecule has 23 heavy (non-hydrogen) atoms. The Kier molecular flexibility index (Phi) is 4.34. The second-order valence-corrected chi connectivity index (χ2v) is 5.97. The Morgan fingerprint density at radius 1 is 1.13 bits per heavy atom. The molecule has 0 bridgehead atoms. The van der Waals surface area contributed by atoms with Gasteiger partial charge in [-0.1, -0.05) is 24.3 Å². The van der Waals surface area contributed by atoms with Crippen LogP contribution >= 0.6 is 15.9 Å². The predicted octanol–water partition coefficient (Wildman–Crippen LogP) is 3.20. The van der Waals surface area contributed by atoms with Gasteiger partial charge in [0.25, 0.3) is 5.91 Å². The molecule has 3 rings (SSSR count). The number of rotatable bonds is 4. The zero-order chi connectivity index (χ0) is 16.4. The van der Waals surface area contributed by atoms with Crippen LogP contribution in [-0.4, -0.2) is 25.0 Å². The van der Waals surface area contributed by atoms with E-state index in [2.05, 4.69) is 21.2 Å². The molecule has 118 valence electrons. The number of hydrogen-bond acceptors (Lipinski definition) is 4. The van der Waals surface area contributed by atoms with Gasteiger partial charge in [0.2, 0.25) is 5.91 Å². The van der Waals surface area contributed by atoms with Gasteiger partial charge in [0.15, 0.2) is 0 Å². The molecule has 0 spiro atoms. The highest BCUT2D eigenvalue weighted by molar-refractivity contribution is 9.10. The highest BCUT2D eigenvalue weighted by Crippen LogP contribution is 2.32. The van der Waals surface area contributed by atoms with Crippen molar-refractivity contribution in [2.24, 2.45) is 0 Å². The van der Waals surface area contributed by atoms with E-state index in [-0.39, 0.29) is 18.2 Å². The Morgan fingerprint density at radius 2 is 1.83 bits per heavy atom. The molecule has 1 saturated heterocycles. The zero-order valence-electron chi connectivity index (χ0n) is 12.5. The summed E-state index contributed by atoms with van der Waals surface area (Å²) in [4.78, 5) is 26.2. The fraction of sp³-hybridized carbons (Fsp3) is 0.176. The Morgan fingerprint density at radius 3 is 2.57 bits per heavy atom. The van der Waals surface area contributed by atoms with E-state index in [9.17, 15) is 9.59 Å². The summed E-state index contributed by atoms with van der Waals surface area (Å²) in [6, 6.07) is 13.9. The number of carbonyl (C=O) groups excluding carboxylic acids is 2. The molecule has 1 N–H and O–H groups in total. The van der Waals surface area contributed by atoms with Crippen LogP contribution in [0, 0.1) is 0 Å². The molecule has 0 radical (unpaired) electrons. The number of amides is 2. The number of nitrogens with one attached hydrogen (secondary N) is 1. The summed E-state index contributed by atoms with van der Waals surface area (Å²) in [5, 5.41) is 3.11. The van der Waals surface area contributed by atoms with Crippen molar-refractivity contribution in [1.29, 1.82) is 0 Å². The number of benzene rings is 2. The van der Waals surface area contributed by atoms with E-state index in [1.54, 1.807) is 31.4 Å². The van der Waals surface area contributed by atoms with Crippen LogP contribution in [0.25, 0.3) is 0 Å². The summed E-state index contributed by atoms with van der Waals surface area (Å²) in [7, 11) is 1.57. The van der Waals surface area contributed by atoms with E-state index < -0.39 is 6.04 Å². The van der Waals surface area contributed by atoms with Crippen LogP contribution in [0.5, 0.6) is 5.75 Å². The normalized spacial score (nSPS) is 17.5. The SMILES string of the molecule is COc1ccccc1NC1CC(=O)N(c2ccccc2Br)C1=O. The standard InChI is InChI=1S/C17H15BrN2O3/c1-23-15-9-5-3-7-12(15)19-13-10-16(21)20(17(13)22)14-8-4-2-6-11(14)18/h2-9,13,19H,10H2,1H3. The maximum atomic E-state index is 12.7. The third kappa shape index (κ3) is 2.94. The molecule has 6 heteroatoms. The molecule has 1 aliphatic rings. The summed E-state index contributed by atoms with van der Waals surface area (Å²) in [6.45, 7) is 0. The van der Waals surface area contributed by atoms with E-state index in [0.717, 1.165) is 0 Å². The molecule has 2 aromatic rings. The fourth-order valence-corrected chi connectivity index (χ4v) is 3.04. The quantitative estimate of drug-likeness (QED) is 0.834. The van der Waals surface area contributed by atoms with Gasteiger partial charge in [0.05, 0.1) is 24.9 Å². The monoisotopic (exact) mass is 374 g/mol. The highest BCUT2D eigenvalue weighted by Gasteiger charge is 2.40. The summed E-state index contributed by atoms with van der Waals surface area (Å²) < 4.78 is 5.98. The van der Waals surface area contributed by atoms with Gasteiger partial charge in [-0.25, -0.2) is 4.90 Å². The highest BCUT2D eigenvalue weighted by atomic mass is 79.9. The van der Waals surface area contributed by atoms with Gasteiger partial charge in [0.1, 0.15) is 11.8 Å². The molecule has 0 aliphatic carbocycles. The van der Waals surface area contributed by atoms with Gasteiger partial charge in [0, 0.05) is 4.47 Å². The summed E-state index contributed by atoms with van der Waals surface area (Å²) in [6.07, 6.45) is 0.109. The van der Waals surface area contributed by atoms with Gasteiger partial charge < -0.3 is 10.1 Å². The number of ether oxygens (including phenoxy) is 1. The van der Waals surface area contributed by atoms with E-state index in [1.807, 2.05) is 24.3 Å². The second kappa shape index (κ2) is 6.42. The van der Waals surface area contributed by atoms with Gasteiger partial charge in [-0.2, -0.15) is 0 Å². The number of methoxy groups -OCH3 is 1. The van der Waals surface area contributed by atoms with Crippen LogP contribution in [0.2, 0.25) is 0 Å². The molecule has 0 aromatic heterocycles. The molecule has 1 unspecified atom stereocenters. The smallest absolute Gasteiger partial charge is 0.256 e. The van der Waals surface area contributed by atoms with Gasteiger partial charge in [-0.15, -0.1) is 0 Å². The lowest BCUT2D eigenvalue weighted by Gasteiger charge is -2.18. The Bertz CT molecular complexity index is 763. The van der Waals surface area contributed by atoms with E-state index in [1.165, 1.54) is 4.90 Å². The Labute approximate surface area is 142 Å². The molecular weight excluding hydrogens is 360 g/mol. The maximum absolute atomic E-state index is 12.7. The van der Waals surface area contributed by atoms with Crippen LogP contribution < -0.4 is 15.0 Å². The van der Waals surface area contributed by atoms with Crippen molar-refractivity contribution < 1.29 is 14.3 Å². The molecule has 1 heterocycles. The summed E-state index contributed by atoms with van der Waals surface area (Å²) >= 11 is 3.38. The number of halogens is 1. The first-order valence-corrected chi connectivity index (χ1v) is 7.92. The third-order valence-corrected chi connectivity index (χ3v) is 4.35. The average Bonchev–Trinajstić information content (AvgIpc) is 2.83. The van der Waals surface area contributed by atoms with Crippen LogP contribution in [0.15, 0.2) is 53.0 Å². The maximum Gasteiger partial charge on any atom is 0.256 e. The van der Waals surface area contributed by atoms with E-state index >= 15 is 0 Å². The predicted molar refractivity (Wildman–Crippen MR) is 91.7 cm³/mol. The molecular formula is C17H15BrN2O3. The minimum absolute atomic E-state index is 0.109. The minimum atomic E-state index is -0.606. The van der Waals surface area contributed by atoms with Crippen molar-refractivity contribution in [3.05, 3.63) is 53.0 Å². The lowest BCUT2D eigenvalue weighted by molar-refractivity contribution is -0.121. The lowest BCUT2D eigenvalue weighted by Crippen LogP contribution is -2.35. The van der Waals surface area contributed by atoms with Crippen molar-refractivity contribution in [3.63, 3.8) is 0 Å². The first-order chi connectivity index (χ1) is 11.1. The largest absolute Gasteiger partial charge is 0.495 e. The molecule has 1 fully saturated rings. The van der Waals surface area contributed by atoms with Crippen molar-refractivity contribution >= 4 is 39.1 Å². The van der Waals surface area contributed by atoms with Crippen LogP contribution in [0.4, 0.5) is 11.4 Å². The molecule has 0 saturated carbocycles. The molecule has 1 atom stereocenters. The van der Waals surface area contributed by atoms with Gasteiger partial charge >= 0.3 is 0 Å². The summed E-state index contributed by atoms with van der Waals surface area (Å²) in [5.41, 5.74) is 1.25. The topological polar surface area (TPSA) is 58.6 Å². The molecule has 5 nitrogen and oxygen atoms in total. The number of para-hydroxylation sites is 3. The Hall–Kier alpha value is -2.34. The number of anilines is 2. The van der Waals surface area contributed by atoms with Gasteiger partial charge in [-0.3, -0.25) is 9.59 Å². The molecule has 2 aromatic carbocycles. The first-order valence-electron chi connectivity index (χ1n) is 7.12. The number of hydrogen-bond donors (Lipinski definition) is 1. The first kappa shape index (κ1) is 15.6. The average molecular weight is 375 g/mol. The van der Waals surface area contributed by atoms with Gasteiger partial charge in [-0.05, 0) is 40.2 Å². The molecule has 1 aliphatic heterocycles. The van der Waals surface area contributed by atoms with Crippen molar-refractivity contribution in [1.82, 2.24) is 0 Å². The number of carbonyl (C=O) groups is 2. The number of imide groups is 1. The Balaban J connectivity index is 1.86. The van der Waals surface area contributed by atoms with Crippen molar-refractivity contribution in [3.8, 4) is 5.75 Å². The molecule has 2 amide bonds. The zero-order valence-corrected chi connectivity index (χ0v) is 14.0. The second-order valence-electron chi connectivity index (χ2n) is 5.12. The summed E-state index contributed by atoms with van der Waals surface area (Å²) in [5.74, 6) is 0.134. The lowest BCUT2D eigenvalue weighted by atomic mass is 10.2. The minimum Gasteiger partial charge on any atom is -0.495 e.